The number of nitrogens with two attached hydrogens (primary N) is 1. The van der Waals surface area contributed by atoms with Gasteiger partial charge in [0.25, 0.3) is 5.69 Å². The largest absolute Gasteiger partial charge is 0.489 e. The highest BCUT2D eigenvalue weighted by molar-refractivity contribution is 5.36. The molecule has 2 unspecified atom stereocenters. The first kappa shape index (κ1) is 11.5. The van der Waals surface area contributed by atoms with Gasteiger partial charge in [-0.15, -0.1) is 0 Å². The molecule has 0 aliphatic heterocycles. The second-order valence-electron chi connectivity index (χ2n) is 3.43. The summed E-state index contributed by atoms with van der Waals surface area (Å²) >= 11 is 0. The molecule has 0 saturated carbocycles. The Hall–Kier alpha value is -1.62. The van der Waals surface area contributed by atoms with E-state index in [0.717, 1.165) is 0 Å². The minimum absolute atomic E-state index is 0.0517. The van der Waals surface area contributed by atoms with Crippen LogP contribution in [0.3, 0.4) is 0 Å². The lowest BCUT2D eigenvalue weighted by Crippen LogP contribution is -2.33. The molecule has 5 heteroatoms. The summed E-state index contributed by atoms with van der Waals surface area (Å²) in [4.78, 5) is 9.94. The number of nitro benzene ring substituents is 1. The Labute approximate surface area is 88.0 Å². The maximum Gasteiger partial charge on any atom is 0.269 e. The van der Waals surface area contributed by atoms with Gasteiger partial charge in [-0.05, 0) is 26.0 Å². The Bertz CT molecular complexity index is 335. The van der Waals surface area contributed by atoms with E-state index in [1.807, 2.05) is 13.8 Å². The number of ether oxygens (including phenoxy) is 1. The van der Waals surface area contributed by atoms with Gasteiger partial charge in [-0.25, -0.2) is 0 Å². The van der Waals surface area contributed by atoms with E-state index in [4.69, 9.17) is 10.5 Å². The lowest BCUT2D eigenvalue weighted by atomic mass is 10.2. The zero-order valence-electron chi connectivity index (χ0n) is 8.71. The lowest BCUT2D eigenvalue weighted by molar-refractivity contribution is -0.384. The SMILES string of the molecule is CC(N)C(C)Oc1ccc([N+](=O)[O-])cc1. The molecule has 2 N–H and O–H groups in total. The third-order valence-electron chi connectivity index (χ3n) is 2.11. The zero-order valence-corrected chi connectivity index (χ0v) is 8.71. The Morgan fingerprint density at radius 3 is 2.27 bits per heavy atom. The summed E-state index contributed by atoms with van der Waals surface area (Å²) in [5.74, 6) is 0.588. The molecule has 82 valence electrons. The van der Waals surface area contributed by atoms with Gasteiger partial charge in [0.2, 0.25) is 0 Å². The Morgan fingerprint density at radius 1 is 1.33 bits per heavy atom. The number of rotatable bonds is 4. The van der Waals surface area contributed by atoms with Crippen LogP contribution >= 0.6 is 0 Å². The van der Waals surface area contributed by atoms with Crippen molar-refractivity contribution in [2.24, 2.45) is 5.73 Å². The monoisotopic (exact) mass is 210 g/mol. The van der Waals surface area contributed by atoms with Crippen molar-refractivity contribution in [3.05, 3.63) is 34.4 Å². The summed E-state index contributed by atoms with van der Waals surface area (Å²) in [7, 11) is 0. The molecule has 1 aromatic carbocycles. The predicted molar refractivity (Wildman–Crippen MR) is 56.8 cm³/mol. The number of hydrogen-bond donors (Lipinski definition) is 1. The number of nitrogens with zero attached hydrogens (tertiary/aromatic N) is 1. The van der Waals surface area contributed by atoms with E-state index in [1.165, 1.54) is 12.1 Å². The van der Waals surface area contributed by atoms with E-state index in [9.17, 15) is 10.1 Å². The molecule has 0 aliphatic carbocycles. The van der Waals surface area contributed by atoms with E-state index in [1.54, 1.807) is 12.1 Å². The number of non-ortho nitro benzene ring substituents is 1. The van der Waals surface area contributed by atoms with Gasteiger partial charge in [0.1, 0.15) is 11.9 Å². The van der Waals surface area contributed by atoms with Crippen molar-refractivity contribution in [2.75, 3.05) is 0 Å². The van der Waals surface area contributed by atoms with Gasteiger partial charge in [0.15, 0.2) is 0 Å². The Balaban J connectivity index is 2.68. The van der Waals surface area contributed by atoms with Gasteiger partial charge in [-0.2, -0.15) is 0 Å². The molecule has 1 aromatic rings. The van der Waals surface area contributed by atoms with E-state index < -0.39 is 4.92 Å². The van der Waals surface area contributed by atoms with Crippen LogP contribution in [0.5, 0.6) is 5.75 Å². The molecular formula is C10H14N2O3. The molecule has 0 saturated heterocycles. The third-order valence-corrected chi connectivity index (χ3v) is 2.11. The maximum absolute atomic E-state index is 10.4. The fourth-order valence-corrected chi connectivity index (χ4v) is 0.968. The molecule has 0 aliphatic rings. The van der Waals surface area contributed by atoms with Crippen LogP contribution in [0.15, 0.2) is 24.3 Å². The average Bonchev–Trinajstić information content (AvgIpc) is 2.18. The molecule has 0 bridgehead atoms. The second kappa shape index (κ2) is 4.75. The van der Waals surface area contributed by atoms with Crippen LogP contribution in [-0.4, -0.2) is 17.1 Å². The normalized spacial score (nSPS) is 14.3. The molecule has 0 aromatic heterocycles. The molecule has 15 heavy (non-hydrogen) atoms. The Morgan fingerprint density at radius 2 is 1.87 bits per heavy atom. The third kappa shape index (κ3) is 3.21. The fraction of sp³-hybridized carbons (Fsp3) is 0.400. The van der Waals surface area contributed by atoms with Crippen LogP contribution in [0.4, 0.5) is 5.69 Å². The van der Waals surface area contributed by atoms with Crippen molar-refractivity contribution in [3.8, 4) is 5.75 Å². The fourth-order valence-electron chi connectivity index (χ4n) is 0.968. The van der Waals surface area contributed by atoms with Crippen LogP contribution in [0.1, 0.15) is 13.8 Å². The van der Waals surface area contributed by atoms with Gasteiger partial charge in [0, 0.05) is 18.2 Å². The summed E-state index contributed by atoms with van der Waals surface area (Å²) in [6.45, 7) is 3.70. The quantitative estimate of drug-likeness (QED) is 0.606. The van der Waals surface area contributed by atoms with Crippen LogP contribution in [-0.2, 0) is 0 Å². The topological polar surface area (TPSA) is 78.4 Å². The molecule has 0 amide bonds. The molecular weight excluding hydrogens is 196 g/mol. The summed E-state index contributed by atoms with van der Waals surface area (Å²) < 4.78 is 5.46. The molecule has 5 nitrogen and oxygen atoms in total. The molecule has 0 heterocycles. The minimum atomic E-state index is -0.446. The summed E-state index contributed by atoms with van der Waals surface area (Å²) in [6, 6.07) is 5.86. The smallest absolute Gasteiger partial charge is 0.269 e. The first-order chi connectivity index (χ1) is 7.00. The van der Waals surface area contributed by atoms with Gasteiger partial charge >= 0.3 is 0 Å². The Kier molecular flexibility index (Phi) is 3.62. The van der Waals surface area contributed by atoms with Crippen molar-refractivity contribution in [1.82, 2.24) is 0 Å². The predicted octanol–water partition coefficient (Wildman–Crippen LogP) is 1.71. The molecule has 0 radical (unpaired) electrons. The van der Waals surface area contributed by atoms with Crippen LogP contribution in [0.2, 0.25) is 0 Å². The van der Waals surface area contributed by atoms with E-state index in [-0.39, 0.29) is 17.8 Å². The molecule has 0 fully saturated rings. The second-order valence-corrected chi connectivity index (χ2v) is 3.43. The number of nitro groups is 1. The van der Waals surface area contributed by atoms with Gasteiger partial charge < -0.3 is 10.5 Å². The van der Waals surface area contributed by atoms with Crippen molar-refractivity contribution in [3.63, 3.8) is 0 Å². The molecule has 0 spiro atoms. The average molecular weight is 210 g/mol. The lowest BCUT2D eigenvalue weighted by Gasteiger charge is -2.17. The highest BCUT2D eigenvalue weighted by Crippen LogP contribution is 2.18. The van der Waals surface area contributed by atoms with E-state index in [2.05, 4.69) is 0 Å². The van der Waals surface area contributed by atoms with Crippen LogP contribution in [0, 0.1) is 10.1 Å². The number of hydrogen-bond acceptors (Lipinski definition) is 4. The van der Waals surface area contributed by atoms with E-state index in [0.29, 0.717) is 5.75 Å². The van der Waals surface area contributed by atoms with Crippen molar-refractivity contribution in [1.29, 1.82) is 0 Å². The van der Waals surface area contributed by atoms with Gasteiger partial charge in [-0.3, -0.25) is 10.1 Å². The summed E-state index contributed by atoms with van der Waals surface area (Å²) in [5.41, 5.74) is 5.68. The van der Waals surface area contributed by atoms with Gasteiger partial charge in [0.05, 0.1) is 4.92 Å². The van der Waals surface area contributed by atoms with E-state index >= 15 is 0 Å². The highest BCUT2D eigenvalue weighted by Gasteiger charge is 2.10. The minimum Gasteiger partial charge on any atom is -0.489 e. The standard InChI is InChI=1S/C10H14N2O3/c1-7(11)8(2)15-10-5-3-9(4-6-10)12(13)14/h3-8H,11H2,1-2H3. The van der Waals surface area contributed by atoms with Crippen LogP contribution < -0.4 is 10.5 Å². The summed E-state index contributed by atoms with van der Waals surface area (Å²) in [5, 5.41) is 10.4. The highest BCUT2D eigenvalue weighted by atomic mass is 16.6. The maximum atomic E-state index is 10.4. The summed E-state index contributed by atoms with van der Waals surface area (Å²) in [6.07, 6.45) is -0.119. The molecule has 2 atom stereocenters. The van der Waals surface area contributed by atoms with Crippen LogP contribution in [0.25, 0.3) is 0 Å². The number of benzene rings is 1. The van der Waals surface area contributed by atoms with Crippen molar-refractivity contribution < 1.29 is 9.66 Å². The van der Waals surface area contributed by atoms with Crippen molar-refractivity contribution in [2.45, 2.75) is 26.0 Å². The zero-order chi connectivity index (χ0) is 11.4. The van der Waals surface area contributed by atoms with Gasteiger partial charge in [-0.1, -0.05) is 0 Å². The molecule has 1 rings (SSSR count). The first-order valence-electron chi connectivity index (χ1n) is 4.67. The van der Waals surface area contributed by atoms with Crippen molar-refractivity contribution >= 4 is 5.69 Å². The first-order valence-corrected chi connectivity index (χ1v) is 4.67.